The average molecular weight is 273 g/mol. The van der Waals surface area contributed by atoms with Crippen LogP contribution in [0.5, 0.6) is 0 Å². The van der Waals surface area contributed by atoms with Crippen LogP contribution >= 0.6 is 0 Å². The van der Waals surface area contributed by atoms with Crippen molar-refractivity contribution in [2.45, 2.75) is 26.2 Å². The highest BCUT2D eigenvalue weighted by Crippen LogP contribution is 2.13. The summed E-state index contributed by atoms with van der Waals surface area (Å²) >= 11 is 0. The highest BCUT2D eigenvalue weighted by molar-refractivity contribution is 7.97. The summed E-state index contributed by atoms with van der Waals surface area (Å²) in [4.78, 5) is 22.6. The Labute approximate surface area is 111 Å². The number of rotatable bonds is 6. The van der Waals surface area contributed by atoms with E-state index in [1.807, 2.05) is 0 Å². The highest BCUT2D eigenvalue weighted by atomic mass is 32.2. The maximum atomic E-state index is 11.5. The second-order valence-electron chi connectivity index (χ2n) is 4.36. The van der Waals surface area contributed by atoms with Gasteiger partial charge in [0.25, 0.3) is 0 Å². The molecule has 0 N–H and O–H groups in total. The Morgan fingerprint density at radius 3 is 2.33 bits per heavy atom. The first-order valence-corrected chi connectivity index (χ1v) is 7.95. The molecule has 0 aromatic rings. The van der Waals surface area contributed by atoms with Gasteiger partial charge in [0.05, 0.1) is 0 Å². The quantitative estimate of drug-likeness (QED) is 0.318. The van der Waals surface area contributed by atoms with Crippen molar-refractivity contribution in [3.05, 3.63) is 12.2 Å². The molecule has 1 saturated heterocycles. The van der Waals surface area contributed by atoms with Gasteiger partial charge in [-0.15, -0.1) is 0 Å². The van der Waals surface area contributed by atoms with Crippen molar-refractivity contribution < 1.29 is 19.1 Å². The van der Waals surface area contributed by atoms with E-state index in [1.165, 1.54) is 19.3 Å². The SMILES string of the molecule is C=C(C)C(=O)OCCOC(=O)C[S+]1CCCCC1. The molecular formula is C13H21O4S+. The van der Waals surface area contributed by atoms with Crippen LogP contribution in [0.25, 0.3) is 0 Å². The summed E-state index contributed by atoms with van der Waals surface area (Å²) in [5.41, 5.74) is 0.352. The molecular weight excluding hydrogens is 252 g/mol. The molecule has 5 heteroatoms. The van der Waals surface area contributed by atoms with E-state index < -0.39 is 5.97 Å². The molecule has 0 bridgehead atoms. The summed E-state index contributed by atoms with van der Waals surface area (Å²) < 4.78 is 9.87. The van der Waals surface area contributed by atoms with Crippen LogP contribution in [0.15, 0.2) is 12.2 Å². The third-order valence-electron chi connectivity index (χ3n) is 2.62. The monoisotopic (exact) mass is 273 g/mol. The van der Waals surface area contributed by atoms with Crippen LogP contribution in [0.2, 0.25) is 0 Å². The first kappa shape index (κ1) is 15.1. The van der Waals surface area contributed by atoms with Crippen LogP contribution in [0.4, 0.5) is 0 Å². The predicted octanol–water partition coefficient (Wildman–Crippen LogP) is 1.45. The molecule has 0 aromatic carbocycles. The second-order valence-corrected chi connectivity index (χ2v) is 6.69. The van der Waals surface area contributed by atoms with Crippen molar-refractivity contribution in [2.24, 2.45) is 0 Å². The maximum absolute atomic E-state index is 11.5. The number of carbonyl (C=O) groups is 2. The van der Waals surface area contributed by atoms with Crippen LogP contribution in [-0.2, 0) is 30.0 Å². The van der Waals surface area contributed by atoms with Gasteiger partial charge in [-0.1, -0.05) is 6.58 Å². The van der Waals surface area contributed by atoms with Crippen molar-refractivity contribution in [2.75, 3.05) is 30.5 Å². The first-order chi connectivity index (χ1) is 8.59. The molecule has 0 aromatic heterocycles. The zero-order valence-corrected chi connectivity index (χ0v) is 11.7. The van der Waals surface area contributed by atoms with Gasteiger partial charge in [0.2, 0.25) is 5.75 Å². The molecule has 0 atom stereocenters. The lowest BCUT2D eigenvalue weighted by molar-refractivity contribution is -0.148. The van der Waals surface area contributed by atoms with E-state index in [9.17, 15) is 9.59 Å². The lowest BCUT2D eigenvalue weighted by atomic mass is 10.3. The van der Waals surface area contributed by atoms with Crippen LogP contribution in [-0.4, -0.2) is 42.4 Å². The van der Waals surface area contributed by atoms with Crippen molar-refractivity contribution in [3.63, 3.8) is 0 Å². The minimum Gasteiger partial charge on any atom is -0.459 e. The van der Waals surface area contributed by atoms with Gasteiger partial charge in [-0.25, -0.2) is 9.59 Å². The molecule has 0 unspecified atom stereocenters. The van der Waals surface area contributed by atoms with E-state index in [0.29, 0.717) is 11.3 Å². The molecule has 1 aliphatic rings. The van der Waals surface area contributed by atoms with Crippen molar-refractivity contribution in [1.29, 1.82) is 0 Å². The van der Waals surface area contributed by atoms with E-state index in [0.717, 1.165) is 11.5 Å². The van der Waals surface area contributed by atoms with Gasteiger partial charge in [0.1, 0.15) is 24.7 Å². The minimum absolute atomic E-state index is 0.102. The molecule has 18 heavy (non-hydrogen) atoms. The van der Waals surface area contributed by atoms with Gasteiger partial charge in [-0.05, 0) is 37.1 Å². The smallest absolute Gasteiger partial charge is 0.356 e. The Bertz CT molecular complexity index is 308. The summed E-state index contributed by atoms with van der Waals surface area (Å²) in [6.45, 7) is 5.28. The number of ether oxygens (including phenoxy) is 2. The van der Waals surface area contributed by atoms with E-state index in [-0.39, 0.29) is 30.1 Å². The molecule has 0 radical (unpaired) electrons. The largest absolute Gasteiger partial charge is 0.459 e. The molecule has 0 aliphatic carbocycles. The zero-order chi connectivity index (χ0) is 13.4. The summed E-state index contributed by atoms with van der Waals surface area (Å²) in [6, 6.07) is 0. The van der Waals surface area contributed by atoms with Crippen molar-refractivity contribution in [3.8, 4) is 0 Å². The topological polar surface area (TPSA) is 52.6 Å². The Morgan fingerprint density at radius 2 is 1.72 bits per heavy atom. The number of hydrogen-bond donors (Lipinski definition) is 0. The first-order valence-electron chi connectivity index (χ1n) is 6.22. The number of hydrogen-bond acceptors (Lipinski definition) is 4. The van der Waals surface area contributed by atoms with Crippen LogP contribution < -0.4 is 0 Å². The highest BCUT2D eigenvalue weighted by Gasteiger charge is 2.25. The van der Waals surface area contributed by atoms with Gasteiger partial charge in [-0.2, -0.15) is 0 Å². The summed E-state index contributed by atoms with van der Waals surface area (Å²) in [5, 5.41) is 0. The van der Waals surface area contributed by atoms with Crippen LogP contribution in [0.3, 0.4) is 0 Å². The lowest BCUT2D eigenvalue weighted by Crippen LogP contribution is -2.27. The van der Waals surface area contributed by atoms with Gasteiger partial charge in [-0.3, -0.25) is 0 Å². The van der Waals surface area contributed by atoms with E-state index >= 15 is 0 Å². The average Bonchev–Trinajstić information content (AvgIpc) is 2.35. The molecule has 0 amide bonds. The molecule has 0 saturated carbocycles. The van der Waals surface area contributed by atoms with Gasteiger partial charge in [0.15, 0.2) is 0 Å². The Morgan fingerprint density at radius 1 is 1.11 bits per heavy atom. The Balaban J connectivity index is 2.06. The third kappa shape index (κ3) is 6.10. The Hall–Kier alpha value is -0.970. The summed E-state index contributed by atoms with van der Waals surface area (Å²) in [6.07, 6.45) is 3.74. The lowest BCUT2D eigenvalue weighted by Gasteiger charge is -2.13. The molecule has 0 spiro atoms. The van der Waals surface area contributed by atoms with Crippen LogP contribution in [0, 0.1) is 0 Å². The fraction of sp³-hybridized carbons (Fsp3) is 0.692. The predicted molar refractivity (Wildman–Crippen MR) is 72.5 cm³/mol. The third-order valence-corrected chi connectivity index (χ3v) is 4.99. The molecule has 1 heterocycles. The molecule has 1 aliphatic heterocycles. The van der Waals surface area contributed by atoms with Gasteiger partial charge >= 0.3 is 11.9 Å². The maximum Gasteiger partial charge on any atom is 0.356 e. The second kappa shape index (κ2) is 8.19. The molecule has 102 valence electrons. The van der Waals surface area contributed by atoms with E-state index in [1.54, 1.807) is 6.92 Å². The number of carbonyl (C=O) groups excluding carboxylic acids is 2. The fourth-order valence-corrected chi connectivity index (χ4v) is 3.79. The zero-order valence-electron chi connectivity index (χ0n) is 10.9. The van der Waals surface area contributed by atoms with Crippen molar-refractivity contribution in [1.82, 2.24) is 0 Å². The van der Waals surface area contributed by atoms with Gasteiger partial charge in [0, 0.05) is 5.57 Å². The van der Waals surface area contributed by atoms with E-state index in [4.69, 9.17) is 9.47 Å². The standard InChI is InChI=1S/C13H21O4S/c1-11(2)13(15)17-7-6-16-12(14)10-18-8-4-3-5-9-18/h1,3-10H2,2H3/q+1. The minimum atomic E-state index is -0.444. The number of esters is 2. The molecule has 1 fully saturated rings. The van der Waals surface area contributed by atoms with E-state index in [2.05, 4.69) is 6.58 Å². The summed E-state index contributed by atoms with van der Waals surface area (Å²) in [7, 11) is 0.207. The summed E-state index contributed by atoms with van der Waals surface area (Å²) in [5.74, 6) is 2.21. The van der Waals surface area contributed by atoms with Crippen LogP contribution in [0.1, 0.15) is 26.2 Å². The Kier molecular flexibility index (Phi) is 6.86. The normalized spacial score (nSPS) is 16.1. The molecule has 1 rings (SSSR count). The fourth-order valence-electron chi connectivity index (χ4n) is 1.66. The van der Waals surface area contributed by atoms with Crippen molar-refractivity contribution >= 4 is 22.8 Å². The van der Waals surface area contributed by atoms with Gasteiger partial charge < -0.3 is 9.47 Å². The molecule has 4 nitrogen and oxygen atoms in total.